The second kappa shape index (κ2) is 5.47. The molecule has 0 fully saturated rings. The Morgan fingerprint density at radius 1 is 1.29 bits per heavy atom. The van der Waals surface area contributed by atoms with Crippen molar-refractivity contribution < 1.29 is 4.74 Å². The molecule has 0 N–H and O–H groups in total. The molecule has 1 heterocycles. The van der Waals surface area contributed by atoms with Gasteiger partial charge in [-0.15, -0.1) is 10.2 Å². The molecule has 0 aliphatic heterocycles. The highest BCUT2D eigenvalue weighted by atomic mass is 35.5. The van der Waals surface area contributed by atoms with Gasteiger partial charge in [0.1, 0.15) is 12.4 Å². The van der Waals surface area contributed by atoms with E-state index in [0.29, 0.717) is 17.0 Å². The van der Waals surface area contributed by atoms with Gasteiger partial charge in [0.15, 0.2) is 5.01 Å². The topological polar surface area (TPSA) is 35.0 Å². The summed E-state index contributed by atoms with van der Waals surface area (Å²) in [6, 6.07) is 8.03. The molecule has 2 rings (SSSR count). The minimum Gasteiger partial charge on any atom is -0.486 e. The van der Waals surface area contributed by atoms with E-state index < -0.39 is 0 Å². The van der Waals surface area contributed by atoms with Crippen molar-refractivity contribution in [2.45, 2.75) is 26.4 Å². The monoisotopic (exact) mass is 268 g/mol. The summed E-state index contributed by atoms with van der Waals surface area (Å²) in [4.78, 5) is 0. The number of nitrogens with zero attached hydrogens (tertiary/aromatic N) is 2. The van der Waals surface area contributed by atoms with Crippen molar-refractivity contribution in [3.63, 3.8) is 0 Å². The van der Waals surface area contributed by atoms with Crippen LogP contribution in [0.1, 0.15) is 30.3 Å². The van der Waals surface area contributed by atoms with Crippen LogP contribution in [0, 0.1) is 0 Å². The van der Waals surface area contributed by atoms with Gasteiger partial charge in [-0.25, -0.2) is 0 Å². The van der Waals surface area contributed by atoms with E-state index in [1.54, 1.807) is 0 Å². The first-order valence-electron chi connectivity index (χ1n) is 5.36. The Morgan fingerprint density at radius 3 is 2.71 bits per heavy atom. The van der Waals surface area contributed by atoms with Crippen molar-refractivity contribution >= 4 is 22.9 Å². The van der Waals surface area contributed by atoms with Crippen LogP contribution < -0.4 is 4.74 Å². The predicted octanol–water partition coefficient (Wildman–Crippen LogP) is 3.89. The lowest BCUT2D eigenvalue weighted by Gasteiger charge is -2.12. The Balaban J connectivity index is 2.08. The van der Waals surface area contributed by atoms with Crippen LogP contribution in [0.2, 0.25) is 4.47 Å². The van der Waals surface area contributed by atoms with E-state index in [-0.39, 0.29) is 0 Å². The fourth-order valence-corrected chi connectivity index (χ4v) is 2.30. The summed E-state index contributed by atoms with van der Waals surface area (Å²) in [5.41, 5.74) is 1.20. The van der Waals surface area contributed by atoms with Crippen LogP contribution in [-0.4, -0.2) is 10.2 Å². The highest BCUT2D eigenvalue weighted by molar-refractivity contribution is 7.15. The Kier molecular flexibility index (Phi) is 3.97. The fourth-order valence-electron chi connectivity index (χ4n) is 1.52. The van der Waals surface area contributed by atoms with E-state index in [1.165, 1.54) is 16.9 Å². The molecule has 0 aliphatic carbocycles. The van der Waals surface area contributed by atoms with Crippen LogP contribution in [-0.2, 0) is 6.61 Å². The Morgan fingerprint density at radius 2 is 2.06 bits per heavy atom. The lowest BCUT2D eigenvalue weighted by molar-refractivity contribution is 0.300. The molecule has 3 nitrogen and oxygen atoms in total. The van der Waals surface area contributed by atoms with Gasteiger partial charge in [-0.3, -0.25) is 0 Å². The lowest BCUT2D eigenvalue weighted by Crippen LogP contribution is -1.99. The third kappa shape index (κ3) is 3.17. The summed E-state index contributed by atoms with van der Waals surface area (Å²) >= 11 is 7.05. The maximum atomic E-state index is 5.75. The summed E-state index contributed by atoms with van der Waals surface area (Å²) in [7, 11) is 0. The van der Waals surface area contributed by atoms with Crippen LogP contribution >= 0.6 is 22.9 Å². The molecule has 0 unspecified atom stereocenters. The SMILES string of the molecule is CC(C)c1ccccc1OCc1nnc(Cl)s1. The van der Waals surface area contributed by atoms with Gasteiger partial charge in [-0.1, -0.05) is 43.4 Å². The van der Waals surface area contributed by atoms with E-state index in [4.69, 9.17) is 16.3 Å². The van der Waals surface area contributed by atoms with Crippen LogP contribution in [0.5, 0.6) is 5.75 Å². The van der Waals surface area contributed by atoms with Crippen LogP contribution in [0.4, 0.5) is 0 Å². The molecule has 17 heavy (non-hydrogen) atoms. The zero-order chi connectivity index (χ0) is 12.3. The van der Waals surface area contributed by atoms with Crippen molar-refractivity contribution in [2.75, 3.05) is 0 Å². The number of aromatic nitrogens is 2. The quantitative estimate of drug-likeness (QED) is 0.844. The molecular formula is C12H13ClN2OS. The minimum atomic E-state index is 0.411. The van der Waals surface area contributed by atoms with Crippen molar-refractivity contribution in [3.05, 3.63) is 39.3 Å². The molecule has 90 valence electrons. The standard InChI is InChI=1S/C12H13ClN2OS/c1-8(2)9-5-3-4-6-10(9)16-7-11-14-15-12(13)17-11/h3-6,8H,7H2,1-2H3. The van der Waals surface area contributed by atoms with Gasteiger partial charge in [0.2, 0.25) is 4.47 Å². The van der Waals surface area contributed by atoms with Gasteiger partial charge in [-0.2, -0.15) is 0 Å². The van der Waals surface area contributed by atoms with Gasteiger partial charge < -0.3 is 4.74 Å². The van der Waals surface area contributed by atoms with E-state index in [1.807, 2.05) is 18.2 Å². The molecule has 0 saturated carbocycles. The first-order valence-corrected chi connectivity index (χ1v) is 6.56. The average Bonchev–Trinajstić information content (AvgIpc) is 2.73. The van der Waals surface area contributed by atoms with E-state index in [0.717, 1.165) is 10.8 Å². The number of ether oxygens (including phenoxy) is 1. The number of rotatable bonds is 4. The Bertz CT molecular complexity index is 499. The second-order valence-corrected chi connectivity index (χ2v) is 5.57. The fraction of sp³-hybridized carbons (Fsp3) is 0.333. The number of halogens is 1. The first-order chi connectivity index (χ1) is 8.16. The van der Waals surface area contributed by atoms with E-state index >= 15 is 0 Å². The highest BCUT2D eigenvalue weighted by Gasteiger charge is 2.08. The zero-order valence-electron chi connectivity index (χ0n) is 9.68. The van der Waals surface area contributed by atoms with Crippen LogP contribution in [0.15, 0.2) is 24.3 Å². The molecule has 0 spiro atoms. The molecule has 0 bridgehead atoms. The highest BCUT2D eigenvalue weighted by Crippen LogP contribution is 2.27. The van der Waals surface area contributed by atoms with Crippen LogP contribution in [0.3, 0.4) is 0 Å². The summed E-state index contributed by atoms with van der Waals surface area (Å²) in [5, 5.41) is 8.44. The van der Waals surface area contributed by atoms with Gasteiger partial charge >= 0.3 is 0 Å². The largest absolute Gasteiger partial charge is 0.486 e. The summed E-state index contributed by atoms with van der Waals surface area (Å²) in [5.74, 6) is 1.33. The predicted molar refractivity (Wildman–Crippen MR) is 69.8 cm³/mol. The number of hydrogen-bond acceptors (Lipinski definition) is 4. The summed E-state index contributed by atoms with van der Waals surface area (Å²) < 4.78 is 6.19. The molecule has 0 atom stereocenters. The normalized spacial score (nSPS) is 10.8. The molecule has 0 aliphatic rings. The van der Waals surface area contributed by atoms with E-state index in [9.17, 15) is 0 Å². The van der Waals surface area contributed by atoms with Crippen molar-refractivity contribution in [3.8, 4) is 5.75 Å². The Labute approximate surface area is 109 Å². The van der Waals surface area contributed by atoms with Crippen molar-refractivity contribution in [1.29, 1.82) is 0 Å². The minimum absolute atomic E-state index is 0.411. The first kappa shape index (κ1) is 12.3. The van der Waals surface area contributed by atoms with Crippen molar-refractivity contribution in [2.24, 2.45) is 0 Å². The smallest absolute Gasteiger partial charge is 0.207 e. The maximum Gasteiger partial charge on any atom is 0.207 e. The molecule has 5 heteroatoms. The maximum absolute atomic E-state index is 5.75. The number of para-hydroxylation sites is 1. The number of hydrogen-bond donors (Lipinski definition) is 0. The van der Waals surface area contributed by atoms with E-state index in [2.05, 4.69) is 30.1 Å². The lowest BCUT2D eigenvalue weighted by atomic mass is 10.0. The molecule has 1 aromatic carbocycles. The third-order valence-electron chi connectivity index (χ3n) is 2.33. The molecule has 2 aromatic rings. The third-order valence-corrected chi connectivity index (χ3v) is 3.33. The summed E-state index contributed by atoms with van der Waals surface area (Å²) in [6.07, 6.45) is 0. The van der Waals surface area contributed by atoms with Gasteiger partial charge in [0.05, 0.1) is 0 Å². The Hall–Kier alpha value is -1.13. The molecule has 0 amide bonds. The zero-order valence-corrected chi connectivity index (χ0v) is 11.3. The molecular weight excluding hydrogens is 256 g/mol. The second-order valence-electron chi connectivity index (χ2n) is 3.93. The summed E-state index contributed by atoms with van der Waals surface area (Å²) in [6.45, 7) is 4.70. The molecule has 0 saturated heterocycles. The van der Waals surface area contributed by atoms with Crippen LogP contribution in [0.25, 0.3) is 0 Å². The van der Waals surface area contributed by atoms with Gasteiger partial charge in [0, 0.05) is 0 Å². The molecule has 0 radical (unpaired) electrons. The average molecular weight is 269 g/mol. The van der Waals surface area contributed by atoms with Gasteiger partial charge in [-0.05, 0) is 29.1 Å². The van der Waals surface area contributed by atoms with Crippen molar-refractivity contribution in [1.82, 2.24) is 10.2 Å². The molecule has 1 aromatic heterocycles. The van der Waals surface area contributed by atoms with Gasteiger partial charge in [0.25, 0.3) is 0 Å². The number of benzene rings is 1.